The van der Waals surface area contributed by atoms with Crippen LogP contribution in [0.4, 0.5) is 0 Å². The van der Waals surface area contributed by atoms with Crippen LogP contribution < -0.4 is 0 Å². The van der Waals surface area contributed by atoms with Gasteiger partial charge in [-0.05, 0) is 11.5 Å². The van der Waals surface area contributed by atoms with Crippen molar-refractivity contribution in [2.45, 2.75) is 12.5 Å². The first kappa shape index (κ1) is 18.5. The molecule has 1 aliphatic heterocycles. The van der Waals surface area contributed by atoms with Crippen LogP contribution in [0.3, 0.4) is 0 Å². The van der Waals surface area contributed by atoms with Gasteiger partial charge in [-0.25, -0.2) is 9.97 Å². The second kappa shape index (κ2) is 7.16. The summed E-state index contributed by atoms with van der Waals surface area (Å²) >= 11 is 0. The molecule has 0 saturated carbocycles. The zero-order valence-corrected chi connectivity index (χ0v) is 17.3. The number of amides is 1. The lowest BCUT2D eigenvalue weighted by Gasteiger charge is -2.34. The third kappa shape index (κ3) is 2.97. The summed E-state index contributed by atoms with van der Waals surface area (Å²) in [6, 6.07) is 9.63. The number of hydrogen-bond donors (Lipinski definition) is 1. The van der Waals surface area contributed by atoms with E-state index in [1.807, 2.05) is 43.6 Å². The minimum atomic E-state index is -0.422. The van der Waals surface area contributed by atoms with Crippen molar-refractivity contribution in [2.75, 3.05) is 6.54 Å². The summed E-state index contributed by atoms with van der Waals surface area (Å²) in [5, 5.41) is 6.24. The van der Waals surface area contributed by atoms with Crippen LogP contribution >= 0.6 is 0 Å². The molecule has 0 fully saturated rings. The molecule has 158 valence electrons. The quantitative estimate of drug-likeness (QED) is 0.476. The number of nitrogens with zero attached hydrogens (tertiary/aromatic N) is 6. The van der Waals surface area contributed by atoms with Gasteiger partial charge in [-0.15, -0.1) is 0 Å². The van der Waals surface area contributed by atoms with Gasteiger partial charge in [0.2, 0.25) is 11.7 Å². The molecule has 5 aromatic rings. The first-order valence-electron chi connectivity index (χ1n) is 10.3. The summed E-state index contributed by atoms with van der Waals surface area (Å²) in [5.41, 5.74) is 3.30. The van der Waals surface area contributed by atoms with Crippen LogP contribution in [-0.4, -0.2) is 47.1 Å². The summed E-state index contributed by atoms with van der Waals surface area (Å²) in [5.74, 6) is 0.286. The smallest absolute Gasteiger partial charge is 0.292 e. The summed E-state index contributed by atoms with van der Waals surface area (Å²) in [6.07, 6.45) is 9.09. The first-order valence-corrected chi connectivity index (χ1v) is 10.3. The molecule has 32 heavy (non-hydrogen) atoms. The molecule has 1 amide bonds. The summed E-state index contributed by atoms with van der Waals surface area (Å²) in [4.78, 5) is 32.0. The largest absolute Gasteiger partial charge is 0.431 e. The SMILES string of the molecule is Cn1cc(-c2ncc(C(=O)N3CCc4[nH]cnc4[C@@H]3c3cc4ccccc4cn3)o2)cn1. The molecule has 0 radical (unpaired) electrons. The van der Waals surface area contributed by atoms with Crippen molar-refractivity contribution < 1.29 is 9.21 Å². The molecule has 5 heterocycles. The Morgan fingerprint density at radius 3 is 2.84 bits per heavy atom. The van der Waals surface area contributed by atoms with Gasteiger partial charge in [0.15, 0.2) is 0 Å². The van der Waals surface area contributed by atoms with Crippen LogP contribution in [0.25, 0.3) is 22.2 Å². The number of carbonyl (C=O) groups is 1. The number of fused-ring (bicyclic) bond motifs is 2. The van der Waals surface area contributed by atoms with Crippen molar-refractivity contribution in [3.8, 4) is 11.5 Å². The molecule has 0 spiro atoms. The lowest BCUT2D eigenvalue weighted by atomic mass is 9.97. The summed E-state index contributed by atoms with van der Waals surface area (Å²) in [7, 11) is 1.81. The maximum atomic E-state index is 13.5. The first-order chi connectivity index (χ1) is 15.7. The molecule has 1 N–H and O–H groups in total. The fraction of sp³-hybridized carbons (Fsp3) is 0.174. The minimum absolute atomic E-state index is 0.175. The van der Waals surface area contributed by atoms with Gasteiger partial charge in [-0.2, -0.15) is 5.10 Å². The van der Waals surface area contributed by atoms with E-state index < -0.39 is 6.04 Å². The number of aromatic nitrogens is 6. The van der Waals surface area contributed by atoms with Gasteiger partial charge in [-0.1, -0.05) is 24.3 Å². The fourth-order valence-electron chi connectivity index (χ4n) is 4.22. The van der Waals surface area contributed by atoms with E-state index in [2.05, 4.69) is 25.0 Å². The van der Waals surface area contributed by atoms with Crippen molar-refractivity contribution in [1.82, 2.24) is 34.6 Å². The molecular weight excluding hydrogens is 406 g/mol. The third-order valence-corrected chi connectivity index (χ3v) is 5.79. The Kier molecular flexibility index (Phi) is 4.14. The maximum absolute atomic E-state index is 13.5. The molecular formula is C23H19N7O2. The van der Waals surface area contributed by atoms with Gasteiger partial charge in [0, 0.05) is 43.5 Å². The normalized spacial score (nSPS) is 15.8. The van der Waals surface area contributed by atoms with Crippen molar-refractivity contribution in [2.24, 2.45) is 7.05 Å². The van der Waals surface area contributed by atoms with Gasteiger partial charge >= 0.3 is 0 Å². The minimum Gasteiger partial charge on any atom is -0.431 e. The Morgan fingerprint density at radius 1 is 1.12 bits per heavy atom. The maximum Gasteiger partial charge on any atom is 0.292 e. The number of carbonyl (C=O) groups excluding carboxylic acids is 1. The number of aromatic amines is 1. The average Bonchev–Trinajstić information content (AvgIpc) is 3.58. The van der Waals surface area contributed by atoms with Crippen LogP contribution in [-0.2, 0) is 13.5 Å². The number of oxazole rings is 1. The lowest BCUT2D eigenvalue weighted by molar-refractivity contribution is 0.0655. The van der Waals surface area contributed by atoms with Crippen LogP contribution in [0.15, 0.2) is 65.9 Å². The van der Waals surface area contributed by atoms with Crippen LogP contribution in [0.1, 0.15) is 33.7 Å². The number of aryl methyl sites for hydroxylation is 1. The number of hydrogen-bond acceptors (Lipinski definition) is 6. The molecule has 4 aromatic heterocycles. The Morgan fingerprint density at radius 2 is 2.00 bits per heavy atom. The Bertz CT molecular complexity index is 1450. The second-order valence-electron chi connectivity index (χ2n) is 7.81. The van der Waals surface area contributed by atoms with E-state index in [1.54, 1.807) is 28.3 Å². The highest BCUT2D eigenvalue weighted by atomic mass is 16.4. The molecule has 0 bridgehead atoms. The molecule has 1 aliphatic rings. The number of nitrogens with one attached hydrogen (secondary N) is 1. The Labute approximate surface area is 182 Å². The molecule has 0 unspecified atom stereocenters. The fourth-order valence-corrected chi connectivity index (χ4v) is 4.22. The van der Waals surface area contributed by atoms with Crippen molar-refractivity contribution in [3.63, 3.8) is 0 Å². The van der Waals surface area contributed by atoms with Crippen molar-refractivity contribution >= 4 is 16.7 Å². The molecule has 9 nitrogen and oxygen atoms in total. The van der Waals surface area contributed by atoms with E-state index >= 15 is 0 Å². The van der Waals surface area contributed by atoms with Crippen LogP contribution in [0, 0.1) is 0 Å². The van der Waals surface area contributed by atoms with Crippen LogP contribution in [0.5, 0.6) is 0 Å². The number of imidazole rings is 1. The van der Waals surface area contributed by atoms with Crippen LogP contribution in [0.2, 0.25) is 0 Å². The van der Waals surface area contributed by atoms with Gasteiger partial charge in [-0.3, -0.25) is 14.5 Å². The molecule has 6 rings (SSSR count). The summed E-state index contributed by atoms with van der Waals surface area (Å²) in [6.45, 7) is 0.510. The molecule has 1 atom stereocenters. The van der Waals surface area contributed by atoms with E-state index in [9.17, 15) is 4.79 Å². The predicted molar refractivity (Wildman–Crippen MR) is 116 cm³/mol. The van der Waals surface area contributed by atoms with E-state index in [1.165, 1.54) is 6.20 Å². The number of benzene rings is 1. The molecule has 1 aromatic carbocycles. The standard InChI is InChI=1S/C23H19N7O2/c1-29-12-16(10-28-29)22-25-11-19(32-22)23(31)30-7-6-17-20(27-13-26-17)21(30)18-8-14-4-2-3-5-15(14)9-24-18/h2-5,8-13,21H,6-7H2,1H3,(H,26,27)/t21-/m0/s1. The highest BCUT2D eigenvalue weighted by Crippen LogP contribution is 2.35. The van der Waals surface area contributed by atoms with Gasteiger partial charge in [0.1, 0.15) is 6.04 Å². The van der Waals surface area contributed by atoms with Crippen molar-refractivity contribution in [3.05, 3.63) is 84.3 Å². The van der Waals surface area contributed by atoms with Gasteiger partial charge in [0.05, 0.1) is 35.7 Å². The highest BCUT2D eigenvalue weighted by Gasteiger charge is 2.36. The molecule has 9 heteroatoms. The lowest BCUT2D eigenvalue weighted by Crippen LogP contribution is -2.41. The van der Waals surface area contributed by atoms with E-state index in [4.69, 9.17) is 4.42 Å². The van der Waals surface area contributed by atoms with Gasteiger partial charge in [0.25, 0.3) is 5.91 Å². The monoisotopic (exact) mass is 425 g/mol. The second-order valence-corrected chi connectivity index (χ2v) is 7.81. The highest BCUT2D eigenvalue weighted by molar-refractivity contribution is 5.92. The van der Waals surface area contributed by atoms with Crippen molar-refractivity contribution in [1.29, 1.82) is 0 Å². The van der Waals surface area contributed by atoms with E-state index in [-0.39, 0.29) is 11.7 Å². The van der Waals surface area contributed by atoms with E-state index in [0.29, 0.717) is 24.4 Å². The number of H-pyrrole nitrogens is 1. The number of rotatable bonds is 3. The third-order valence-electron chi connectivity index (χ3n) is 5.79. The average molecular weight is 425 g/mol. The Hall–Kier alpha value is -4.27. The molecule has 0 saturated heterocycles. The predicted octanol–water partition coefficient (Wildman–Crippen LogP) is 3.13. The zero-order valence-electron chi connectivity index (χ0n) is 17.3. The molecule has 0 aliphatic carbocycles. The summed E-state index contributed by atoms with van der Waals surface area (Å²) < 4.78 is 7.48. The van der Waals surface area contributed by atoms with E-state index in [0.717, 1.165) is 27.9 Å². The Balaban J connectivity index is 1.40. The topological polar surface area (TPSA) is 106 Å². The van der Waals surface area contributed by atoms with Gasteiger partial charge < -0.3 is 14.3 Å². The number of pyridine rings is 1. The zero-order chi connectivity index (χ0) is 21.7.